The van der Waals surface area contributed by atoms with Crippen LogP contribution in [0.4, 0.5) is 18.9 Å². The average molecular weight is 500 g/mol. The summed E-state index contributed by atoms with van der Waals surface area (Å²) in [6.45, 7) is 3.41. The van der Waals surface area contributed by atoms with Crippen molar-refractivity contribution < 1.29 is 22.8 Å². The molecule has 36 heavy (non-hydrogen) atoms. The monoisotopic (exact) mass is 499 g/mol. The number of aryl methyl sites for hydroxylation is 1. The fraction of sp³-hybridized carbons (Fsp3) is 0.462. The second-order valence-corrected chi connectivity index (χ2v) is 9.85. The molecule has 2 aliphatic rings. The van der Waals surface area contributed by atoms with Crippen molar-refractivity contribution in [1.29, 1.82) is 5.26 Å². The summed E-state index contributed by atoms with van der Waals surface area (Å²) in [5.74, 6) is -0.625. The fourth-order valence-electron chi connectivity index (χ4n) is 5.41. The third-order valence-electron chi connectivity index (χ3n) is 7.50. The smallest absolute Gasteiger partial charge is 0.371 e. The Bertz CT molecular complexity index is 1210. The SMILES string of the molecule is Cc1ccncc1C(=O)N1CC(C(=O)N(C)C)C2(CCN(c3ccc(C#N)c(C(F)(F)F)c3)CC2)C1. The zero-order valence-electron chi connectivity index (χ0n) is 20.5. The number of alkyl halides is 3. The van der Waals surface area contributed by atoms with Gasteiger partial charge in [-0.05, 0) is 49.6 Å². The van der Waals surface area contributed by atoms with Crippen LogP contribution < -0.4 is 4.90 Å². The topological polar surface area (TPSA) is 80.5 Å². The van der Waals surface area contributed by atoms with Gasteiger partial charge in [0.1, 0.15) is 0 Å². The third-order valence-corrected chi connectivity index (χ3v) is 7.50. The summed E-state index contributed by atoms with van der Waals surface area (Å²) >= 11 is 0. The van der Waals surface area contributed by atoms with E-state index >= 15 is 0 Å². The Balaban J connectivity index is 1.58. The summed E-state index contributed by atoms with van der Waals surface area (Å²) in [5.41, 5.74) is -0.130. The predicted molar refractivity (Wildman–Crippen MR) is 127 cm³/mol. The van der Waals surface area contributed by atoms with Crippen LogP contribution in [-0.2, 0) is 11.0 Å². The molecule has 2 fully saturated rings. The molecule has 1 aromatic carbocycles. The maximum absolute atomic E-state index is 13.5. The zero-order valence-corrected chi connectivity index (χ0v) is 20.5. The summed E-state index contributed by atoms with van der Waals surface area (Å²) in [6, 6.07) is 7.14. The van der Waals surface area contributed by atoms with Crippen LogP contribution in [0.5, 0.6) is 0 Å². The Morgan fingerprint density at radius 1 is 1.19 bits per heavy atom. The zero-order chi connectivity index (χ0) is 26.3. The lowest BCUT2D eigenvalue weighted by Crippen LogP contribution is -2.48. The molecule has 1 unspecified atom stereocenters. The summed E-state index contributed by atoms with van der Waals surface area (Å²) in [4.78, 5) is 35.7. The molecule has 0 saturated carbocycles. The minimum atomic E-state index is -4.63. The lowest BCUT2D eigenvalue weighted by Gasteiger charge is -2.43. The van der Waals surface area contributed by atoms with Crippen LogP contribution in [0.1, 0.15) is 39.9 Å². The van der Waals surface area contributed by atoms with E-state index in [1.54, 1.807) is 37.3 Å². The highest BCUT2D eigenvalue weighted by atomic mass is 19.4. The van der Waals surface area contributed by atoms with Gasteiger partial charge >= 0.3 is 6.18 Å². The number of hydrogen-bond donors (Lipinski definition) is 0. The van der Waals surface area contributed by atoms with E-state index in [-0.39, 0.29) is 11.8 Å². The van der Waals surface area contributed by atoms with E-state index in [9.17, 15) is 22.8 Å². The van der Waals surface area contributed by atoms with Gasteiger partial charge in [-0.25, -0.2) is 0 Å². The number of anilines is 1. The normalized spacial score (nSPS) is 19.3. The van der Waals surface area contributed by atoms with E-state index in [0.29, 0.717) is 50.3 Å². The Morgan fingerprint density at radius 3 is 2.47 bits per heavy atom. The van der Waals surface area contributed by atoms with Crippen molar-refractivity contribution in [2.45, 2.75) is 25.9 Å². The first kappa shape index (κ1) is 25.5. The van der Waals surface area contributed by atoms with Crippen molar-refractivity contribution >= 4 is 17.5 Å². The molecular formula is C26H28F3N5O2. The van der Waals surface area contributed by atoms with Gasteiger partial charge in [-0.3, -0.25) is 14.6 Å². The quantitative estimate of drug-likeness (QED) is 0.643. The Morgan fingerprint density at radius 2 is 1.89 bits per heavy atom. The van der Waals surface area contributed by atoms with Crippen molar-refractivity contribution in [3.63, 3.8) is 0 Å². The van der Waals surface area contributed by atoms with Crippen molar-refractivity contribution in [1.82, 2.24) is 14.8 Å². The number of hydrogen-bond acceptors (Lipinski definition) is 5. The minimum Gasteiger partial charge on any atom is -0.371 e. The van der Waals surface area contributed by atoms with Gasteiger partial charge in [0.05, 0.1) is 28.7 Å². The molecule has 10 heteroatoms. The molecule has 7 nitrogen and oxygen atoms in total. The van der Waals surface area contributed by atoms with Crippen molar-refractivity contribution in [2.24, 2.45) is 11.3 Å². The molecule has 1 spiro atoms. The molecular weight excluding hydrogens is 471 g/mol. The molecule has 2 amide bonds. The summed E-state index contributed by atoms with van der Waals surface area (Å²) in [6.07, 6.45) is -0.364. The number of nitriles is 1. The minimum absolute atomic E-state index is 0.0561. The Labute approximate surface area is 208 Å². The molecule has 2 aliphatic heterocycles. The van der Waals surface area contributed by atoms with E-state index in [1.807, 2.05) is 11.8 Å². The lowest BCUT2D eigenvalue weighted by molar-refractivity contribution is -0.138. The number of benzene rings is 1. The van der Waals surface area contributed by atoms with Crippen molar-refractivity contribution in [3.8, 4) is 6.07 Å². The van der Waals surface area contributed by atoms with Gasteiger partial charge in [-0.1, -0.05) is 0 Å². The number of halogens is 3. The van der Waals surface area contributed by atoms with Crippen LogP contribution in [0.15, 0.2) is 36.7 Å². The summed E-state index contributed by atoms with van der Waals surface area (Å²) in [7, 11) is 3.38. The van der Waals surface area contributed by atoms with E-state index in [4.69, 9.17) is 5.26 Å². The highest BCUT2D eigenvalue weighted by Gasteiger charge is 2.53. The molecule has 1 aromatic heterocycles. The van der Waals surface area contributed by atoms with Crippen LogP contribution in [0.2, 0.25) is 0 Å². The summed E-state index contributed by atoms with van der Waals surface area (Å²) in [5, 5.41) is 9.08. The third kappa shape index (κ3) is 4.62. The van der Waals surface area contributed by atoms with Gasteiger partial charge in [0.15, 0.2) is 0 Å². The number of pyridine rings is 1. The van der Waals surface area contributed by atoms with E-state index in [0.717, 1.165) is 11.6 Å². The van der Waals surface area contributed by atoms with Crippen LogP contribution in [0, 0.1) is 29.6 Å². The Kier molecular flexibility index (Phi) is 6.69. The molecule has 0 bridgehead atoms. The molecule has 2 aromatic rings. The first-order chi connectivity index (χ1) is 17.0. The molecule has 2 saturated heterocycles. The average Bonchev–Trinajstić information content (AvgIpc) is 3.21. The second kappa shape index (κ2) is 9.45. The number of nitrogens with zero attached hydrogens (tertiary/aromatic N) is 5. The van der Waals surface area contributed by atoms with Crippen molar-refractivity contribution in [2.75, 3.05) is 45.2 Å². The van der Waals surface area contributed by atoms with Gasteiger partial charge in [-0.15, -0.1) is 0 Å². The lowest BCUT2D eigenvalue weighted by atomic mass is 9.70. The van der Waals surface area contributed by atoms with Gasteiger partial charge in [0.25, 0.3) is 5.91 Å². The van der Waals surface area contributed by atoms with E-state index in [1.165, 1.54) is 23.2 Å². The first-order valence-corrected chi connectivity index (χ1v) is 11.7. The highest BCUT2D eigenvalue weighted by Crippen LogP contribution is 2.47. The van der Waals surface area contributed by atoms with Crippen LogP contribution >= 0.6 is 0 Å². The molecule has 4 rings (SSSR count). The number of amides is 2. The maximum atomic E-state index is 13.5. The molecule has 0 radical (unpaired) electrons. The predicted octanol–water partition coefficient (Wildman–Crippen LogP) is 3.73. The van der Waals surface area contributed by atoms with Gasteiger partial charge in [0.2, 0.25) is 5.91 Å². The van der Waals surface area contributed by atoms with E-state index in [2.05, 4.69) is 4.98 Å². The molecule has 3 heterocycles. The van der Waals surface area contributed by atoms with Crippen LogP contribution in [-0.4, -0.2) is 66.9 Å². The number of rotatable bonds is 3. The first-order valence-electron chi connectivity index (χ1n) is 11.7. The number of carbonyl (C=O) groups excluding carboxylic acids is 2. The number of carbonyl (C=O) groups is 2. The van der Waals surface area contributed by atoms with Gasteiger partial charge in [0, 0.05) is 63.8 Å². The van der Waals surface area contributed by atoms with Crippen LogP contribution in [0.3, 0.4) is 0 Å². The molecule has 190 valence electrons. The van der Waals surface area contributed by atoms with Crippen LogP contribution in [0.25, 0.3) is 0 Å². The second-order valence-electron chi connectivity index (χ2n) is 9.85. The van der Waals surface area contributed by atoms with Gasteiger partial charge in [-0.2, -0.15) is 18.4 Å². The Hall–Kier alpha value is -3.61. The maximum Gasteiger partial charge on any atom is 0.417 e. The highest BCUT2D eigenvalue weighted by molar-refractivity contribution is 5.96. The number of likely N-dealkylation sites (tertiary alicyclic amines) is 1. The number of aromatic nitrogens is 1. The fourth-order valence-corrected chi connectivity index (χ4v) is 5.41. The molecule has 0 aliphatic carbocycles. The molecule has 1 atom stereocenters. The molecule has 0 N–H and O–H groups in total. The van der Waals surface area contributed by atoms with Crippen molar-refractivity contribution in [3.05, 3.63) is 58.9 Å². The van der Waals surface area contributed by atoms with Gasteiger partial charge < -0.3 is 14.7 Å². The standard InChI is InChI=1S/C26H28F3N5O2/c1-17-6-9-31-14-20(17)23(35)34-15-22(24(36)32(2)3)25(16-34)7-10-33(11-8-25)19-5-4-18(13-30)21(12-19)26(27,28)29/h4-6,9,12,14,22H,7-8,10-11,15-16H2,1-3H3. The largest absolute Gasteiger partial charge is 0.417 e. The number of piperidine rings is 1. The van der Waals surface area contributed by atoms with E-state index < -0.39 is 28.6 Å². The summed E-state index contributed by atoms with van der Waals surface area (Å²) < 4.78 is 40.4.